The molecule has 2 aromatic rings. The molecule has 0 spiro atoms. The van der Waals surface area contributed by atoms with Crippen LogP contribution in [0.1, 0.15) is 6.42 Å². The second kappa shape index (κ2) is 10.1. The first-order chi connectivity index (χ1) is 14.9. The van der Waals surface area contributed by atoms with Crippen molar-refractivity contribution < 1.29 is 31.9 Å². The monoisotopic (exact) mass is 474 g/mol. The van der Waals surface area contributed by atoms with Gasteiger partial charge in [-0.05, 0) is 18.2 Å². The average molecular weight is 474 g/mol. The largest absolute Gasteiger partial charge is 0.573 e. The van der Waals surface area contributed by atoms with Crippen molar-refractivity contribution >= 4 is 34.1 Å². The highest BCUT2D eigenvalue weighted by molar-refractivity contribution is 7.14. The van der Waals surface area contributed by atoms with E-state index in [1.807, 2.05) is 0 Å². The van der Waals surface area contributed by atoms with E-state index in [0.29, 0.717) is 0 Å². The molecule has 32 heavy (non-hydrogen) atoms. The van der Waals surface area contributed by atoms with E-state index in [9.17, 15) is 27.2 Å². The molecule has 0 saturated carbocycles. The van der Waals surface area contributed by atoms with Gasteiger partial charge in [-0.25, -0.2) is 9.37 Å². The Bertz CT molecular complexity index is 1080. The predicted molar refractivity (Wildman–Crippen MR) is 110 cm³/mol. The van der Waals surface area contributed by atoms with E-state index < -0.39 is 29.7 Å². The zero-order valence-electron chi connectivity index (χ0n) is 16.7. The number of alkyl halides is 3. The molecule has 9 nitrogen and oxygen atoms in total. The molecule has 14 heteroatoms. The lowest BCUT2D eigenvalue weighted by molar-refractivity contribution is -0.275. The van der Waals surface area contributed by atoms with Crippen LogP contribution in [0.25, 0.3) is 11.3 Å². The Labute approximate surface area is 183 Å². The van der Waals surface area contributed by atoms with Crippen molar-refractivity contribution in [3.8, 4) is 17.0 Å². The van der Waals surface area contributed by atoms with Gasteiger partial charge in [-0.2, -0.15) is 0 Å². The Kier molecular flexibility index (Phi) is 7.75. The first kappa shape index (κ1) is 24.6. The van der Waals surface area contributed by atoms with E-state index in [2.05, 4.69) is 25.3 Å². The number of amidine groups is 1. The second-order valence-corrected chi connectivity index (χ2v) is 6.89. The van der Waals surface area contributed by atoms with Gasteiger partial charge in [0.2, 0.25) is 5.91 Å². The summed E-state index contributed by atoms with van der Waals surface area (Å²) in [6, 6.07) is 2.85. The quantitative estimate of drug-likeness (QED) is 0.200. The third kappa shape index (κ3) is 6.41. The zero-order chi connectivity index (χ0) is 24.1. The number of nitrogens with zero attached hydrogens (tertiary/aromatic N) is 2. The number of primary amides is 1. The minimum absolute atomic E-state index is 0.134. The van der Waals surface area contributed by atoms with Crippen LogP contribution in [0, 0.1) is 5.82 Å². The van der Waals surface area contributed by atoms with Crippen LogP contribution < -0.4 is 26.8 Å². The first-order valence-corrected chi connectivity index (χ1v) is 9.57. The Morgan fingerprint density at radius 2 is 1.97 bits per heavy atom. The highest BCUT2D eigenvalue weighted by Crippen LogP contribution is 2.31. The molecule has 0 radical (unpaired) electrons. The summed E-state index contributed by atoms with van der Waals surface area (Å²) in [5, 5.41) is 6.79. The van der Waals surface area contributed by atoms with Crippen LogP contribution in [0.4, 0.5) is 22.7 Å². The number of carbonyl (C=O) groups excluding carboxylic acids is 2. The number of nitrogens with one attached hydrogen (secondary N) is 2. The lowest BCUT2D eigenvalue weighted by Crippen LogP contribution is -2.32. The van der Waals surface area contributed by atoms with Crippen molar-refractivity contribution in [1.29, 1.82) is 0 Å². The molecule has 0 aliphatic heterocycles. The molecule has 1 aromatic heterocycles. The average Bonchev–Trinajstić information content (AvgIpc) is 3.15. The number of thiazole rings is 1. The fraction of sp³-hybridized carbons (Fsp3) is 0.222. The molecule has 6 N–H and O–H groups in total. The normalized spacial score (nSPS) is 12.8. The number of aromatic nitrogens is 1. The van der Waals surface area contributed by atoms with E-state index in [0.717, 1.165) is 23.5 Å². The number of rotatable bonds is 8. The Hall–Kier alpha value is -3.68. The molecular weight excluding hydrogens is 456 g/mol. The first-order valence-electron chi connectivity index (χ1n) is 8.69. The molecule has 2 amide bonds. The van der Waals surface area contributed by atoms with E-state index in [-0.39, 0.29) is 39.9 Å². The van der Waals surface area contributed by atoms with E-state index in [4.69, 9.17) is 11.5 Å². The topological polar surface area (TPSA) is 145 Å². The molecule has 0 aliphatic carbocycles. The van der Waals surface area contributed by atoms with Crippen molar-refractivity contribution in [2.75, 3.05) is 19.4 Å². The fourth-order valence-electron chi connectivity index (χ4n) is 2.50. The number of anilines is 1. The number of benzene rings is 1. The molecule has 0 bridgehead atoms. The van der Waals surface area contributed by atoms with Crippen LogP contribution in [0.2, 0.25) is 0 Å². The summed E-state index contributed by atoms with van der Waals surface area (Å²) >= 11 is 1.000. The lowest BCUT2D eigenvalue weighted by atomic mass is 10.1. The maximum atomic E-state index is 13.9. The van der Waals surface area contributed by atoms with Gasteiger partial charge in [0.1, 0.15) is 11.4 Å². The van der Waals surface area contributed by atoms with Gasteiger partial charge >= 0.3 is 6.36 Å². The molecule has 0 fully saturated rings. The Morgan fingerprint density at radius 3 is 2.50 bits per heavy atom. The summed E-state index contributed by atoms with van der Waals surface area (Å²) in [7, 11) is 2.82. The van der Waals surface area contributed by atoms with Gasteiger partial charge in [0, 0.05) is 30.7 Å². The van der Waals surface area contributed by atoms with Crippen LogP contribution in [-0.2, 0) is 9.59 Å². The fourth-order valence-corrected chi connectivity index (χ4v) is 3.23. The van der Waals surface area contributed by atoms with Crippen LogP contribution in [-0.4, -0.2) is 43.1 Å². The van der Waals surface area contributed by atoms with Gasteiger partial charge in [0.15, 0.2) is 16.7 Å². The maximum absolute atomic E-state index is 13.9. The molecule has 172 valence electrons. The van der Waals surface area contributed by atoms with Gasteiger partial charge in [-0.3, -0.25) is 14.6 Å². The minimum atomic E-state index is -5.02. The van der Waals surface area contributed by atoms with Crippen LogP contribution in [0.5, 0.6) is 5.75 Å². The summed E-state index contributed by atoms with van der Waals surface area (Å²) in [5.41, 5.74) is 11.3. The molecule has 2 rings (SSSR count). The van der Waals surface area contributed by atoms with E-state index in [1.54, 1.807) is 0 Å². The van der Waals surface area contributed by atoms with Crippen LogP contribution in [0.3, 0.4) is 0 Å². The zero-order valence-corrected chi connectivity index (χ0v) is 17.5. The summed E-state index contributed by atoms with van der Waals surface area (Å²) in [6.45, 7) is 0. The summed E-state index contributed by atoms with van der Waals surface area (Å²) in [6.07, 6.45) is -5.33. The molecule has 0 aliphatic rings. The number of nitrogens with two attached hydrogens (primary N) is 2. The standard InChI is InChI=1S/C18H18F4N6O3S/c1-25-10(14(16(24)30)15(23)26-2)6-13(29)28-17-27-11(7-32-17)8-3-4-12(9(19)5-8)31-18(20,21)22/h3-5,7,25H,6H2,1-2H3,(H2,23,26)(H2,24,30)(H,27,28,29)/b14-10+. The molecular formula is C18H18F4N6O3S. The highest BCUT2D eigenvalue weighted by Gasteiger charge is 2.32. The Morgan fingerprint density at radius 1 is 1.28 bits per heavy atom. The van der Waals surface area contributed by atoms with Crippen molar-refractivity contribution in [2.24, 2.45) is 16.5 Å². The molecule has 1 heterocycles. The number of halogens is 4. The molecule has 0 saturated heterocycles. The lowest BCUT2D eigenvalue weighted by Gasteiger charge is -2.12. The Balaban J connectivity index is 2.17. The third-order valence-corrected chi connectivity index (χ3v) is 4.65. The summed E-state index contributed by atoms with van der Waals surface area (Å²) < 4.78 is 54.3. The number of aliphatic imine (C=N–C) groups is 1. The van der Waals surface area contributed by atoms with Crippen LogP contribution >= 0.6 is 11.3 Å². The van der Waals surface area contributed by atoms with Crippen LogP contribution in [0.15, 0.2) is 39.8 Å². The minimum Gasteiger partial charge on any atom is -0.403 e. The van der Waals surface area contributed by atoms with Crippen molar-refractivity contribution in [1.82, 2.24) is 10.3 Å². The van der Waals surface area contributed by atoms with Gasteiger partial charge in [-0.15, -0.1) is 24.5 Å². The SMILES string of the molecule is CN=C(N)/C(C(N)=O)=C(/CC(=O)Nc1nc(-c2ccc(OC(F)(F)F)c(F)c2)cs1)NC. The summed E-state index contributed by atoms with van der Waals surface area (Å²) in [4.78, 5) is 31.8. The predicted octanol–water partition coefficient (Wildman–Crippen LogP) is 2.12. The number of hydrogen-bond donors (Lipinski definition) is 4. The number of amides is 2. The van der Waals surface area contributed by atoms with Crippen molar-refractivity contribution in [3.63, 3.8) is 0 Å². The van der Waals surface area contributed by atoms with Crippen molar-refractivity contribution in [3.05, 3.63) is 40.7 Å². The molecule has 1 aromatic carbocycles. The molecule has 0 atom stereocenters. The van der Waals surface area contributed by atoms with Gasteiger partial charge < -0.3 is 26.8 Å². The van der Waals surface area contributed by atoms with Gasteiger partial charge in [0.25, 0.3) is 5.91 Å². The van der Waals surface area contributed by atoms with Gasteiger partial charge in [0.05, 0.1) is 12.1 Å². The van der Waals surface area contributed by atoms with E-state index in [1.165, 1.54) is 25.5 Å². The smallest absolute Gasteiger partial charge is 0.403 e. The summed E-state index contributed by atoms with van der Waals surface area (Å²) in [5.74, 6) is -3.79. The second-order valence-electron chi connectivity index (χ2n) is 6.03. The number of ether oxygens (including phenoxy) is 1. The van der Waals surface area contributed by atoms with E-state index >= 15 is 0 Å². The van der Waals surface area contributed by atoms with Crippen molar-refractivity contribution in [2.45, 2.75) is 12.8 Å². The third-order valence-electron chi connectivity index (χ3n) is 3.89. The maximum Gasteiger partial charge on any atom is 0.573 e. The van der Waals surface area contributed by atoms with Gasteiger partial charge in [-0.1, -0.05) is 0 Å². The number of hydrogen-bond acceptors (Lipinski definition) is 7. The highest BCUT2D eigenvalue weighted by atomic mass is 32.1. The number of carbonyl (C=O) groups is 2. The molecule has 0 unspecified atom stereocenters.